The van der Waals surface area contributed by atoms with E-state index in [9.17, 15) is 43.2 Å². The number of esters is 4. The van der Waals surface area contributed by atoms with Gasteiger partial charge in [-0.1, -0.05) is 222 Å². The molecule has 78 heavy (non-hydrogen) atoms. The summed E-state index contributed by atoms with van der Waals surface area (Å²) in [5.41, 5.74) is 0. The van der Waals surface area contributed by atoms with Crippen LogP contribution in [0.5, 0.6) is 0 Å². The minimum Gasteiger partial charge on any atom is -0.462 e. The number of hydrogen-bond donors (Lipinski definition) is 3. The van der Waals surface area contributed by atoms with Crippen molar-refractivity contribution in [2.75, 3.05) is 39.6 Å². The zero-order valence-electron chi connectivity index (χ0n) is 50.3. The molecule has 0 radical (unpaired) electrons. The number of ether oxygens (including phenoxy) is 4. The molecule has 0 aliphatic rings. The first-order chi connectivity index (χ1) is 37.1. The highest BCUT2D eigenvalue weighted by atomic mass is 31.2. The van der Waals surface area contributed by atoms with Gasteiger partial charge in [0.25, 0.3) is 0 Å². The van der Waals surface area contributed by atoms with Gasteiger partial charge in [0.05, 0.1) is 26.4 Å². The van der Waals surface area contributed by atoms with Crippen LogP contribution in [0.15, 0.2) is 0 Å². The van der Waals surface area contributed by atoms with Crippen LogP contribution in [-0.4, -0.2) is 96.7 Å². The van der Waals surface area contributed by atoms with E-state index in [1.165, 1.54) is 64.2 Å². The molecule has 6 atom stereocenters. The van der Waals surface area contributed by atoms with Crippen LogP contribution < -0.4 is 0 Å². The first kappa shape index (κ1) is 76.1. The standard InChI is InChI=1S/C59H114O17P2/c1-9-52(8)38-30-22-15-18-24-32-40-57(62)70-46-55(76-59(64)42-34-26-17-14-21-29-37-51(6)7)48-74-78(67,68)72-44-53(60)43-71-77(65,66)73-47-54(75-58(63)41-33-25-16-13-20-28-36-50(4)5)45-69-56(61)39-31-23-12-10-11-19-27-35-49(2)3/h49-55,60H,9-48H2,1-8H3,(H,65,66)(H,67,68)/t52?,53?,54-,55-/m1/s1. The lowest BCUT2D eigenvalue weighted by Gasteiger charge is -2.21. The molecule has 0 amide bonds. The highest BCUT2D eigenvalue weighted by Crippen LogP contribution is 2.45. The fourth-order valence-electron chi connectivity index (χ4n) is 8.51. The molecule has 4 unspecified atom stereocenters. The molecule has 0 aromatic rings. The van der Waals surface area contributed by atoms with Gasteiger partial charge in [-0.15, -0.1) is 0 Å². The molecule has 0 aliphatic carbocycles. The predicted molar refractivity (Wildman–Crippen MR) is 307 cm³/mol. The maximum atomic E-state index is 12.9. The van der Waals surface area contributed by atoms with E-state index in [-0.39, 0.29) is 25.7 Å². The zero-order valence-corrected chi connectivity index (χ0v) is 52.1. The van der Waals surface area contributed by atoms with Crippen LogP contribution in [0.3, 0.4) is 0 Å². The van der Waals surface area contributed by atoms with Crippen LogP contribution >= 0.6 is 15.6 Å². The Kier molecular flexibility index (Phi) is 48.4. The predicted octanol–water partition coefficient (Wildman–Crippen LogP) is 15.4. The van der Waals surface area contributed by atoms with E-state index < -0.39 is 97.5 Å². The molecule has 0 bridgehead atoms. The molecule has 0 spiro atoms. The Hall–Kier alpha value is -1.94. The summed E-state index contributed by atoms with van der Waals surface area (Å²) in [5.74, 6) is 0.620. The summed E-state index contributed by atoms with van der Waals surface area (Å²) in [6.45, 7) is 13.8. The number of rotatable bonds is 56. The molecule has 17 nitrogen and oxygen atoms in total. The molecule has 0 heterocycles. The lowest BCUT2D eigenvalue weighted by molar-refractivity contribution is -0.161. The van der Waals surface area contributed by atoms with E-state index in [0.717, 1.165) is 109 Å². The molecular formula is C59H114O17P2. The second-order valence-corrected chi connectivity index (χ2v) is 26.0. The van der Waals surface area contributed by atoms with Crippen molar-refractivity contribution in [1.29, 1.82) is 0 Å². The van der Waals surface area contributed by atoms with Crippen LogP contribution in [-0.2, 0) is 65.4 Å². The number of aliphatic hydroxyl groups excluding tert-OH is 1. The molecular weight excluding hydrogens is 1040 g/mol. The van der Waals surface area contributed by atoms with E-state index in [1.807, 2.05) is 0 Å². The molecule has 0 rings (SSSR count). The highest BCUT2D eigenvalue weighted by Gasteiger charge is 2.30. The molecule has 0 aliphatic heterocycles. The maximum absolute atomic E-state index is 12.9. The Morgan fingerprint density at radius 3 is 0.910 bits per heavy atom. The van der Waals surface area contributed by atoms with E-state index in [4.69, 9.17) is 37.0 Å². The summed E-state index contributed by atoms with van der Waals surface area (Å²) in [4.78, 5) is 71.9. The zero-order chi connectivity index (χ0) is 58.3. The number of aliphatic hydroxyl groups is 1. The van der Waals surface area contributed by atoms with Crippen molar-refractivity contribution >= 4 is 39.5 Å². The Labute approximate surface area is 473 Å². The van der Waals surface area contributed by atoms with Crippen molar-refractivity contribution in [3.63, 3.8) is 0 Å². The number of carbonyl (C=O) groups excluding carboxylic acids is 4. The fourth-order valence-corrected chi connectivity index (χ4v) is 10.1. The van der Waals surface area contributed by atoms with Gasteiger partial charge in [-0.3, -0.25) is 37.3 Å². The van der Waals surface area contributed by atoms with Crippen LogP contribution in [0.1, 0.15) is 274 Å². The van der Waals surface area contributed by atoms with Gasteiger partial charge in [0.1, 0.15) is 19.3 Å². The molecule has 0 aromatic heterocycles. The van der Waals surface area contributed by atoms with Crippen molar-refractivity contribution < 1.29 is 80.2 Å². The third kappa shape index (κ3) is 52.2. The summed E-state index contributed by atoms with van der Waals surface area (Å²) in [7, 11) is -9.88. The highest BCUT2D eigenvalue weighted by molar-refractivity contribution is 7.47. The summed E-state index contributed by atoms with van der Waals surface area (Å²) in [6.07, 6.45) is 27.1. The van der Waals surface area contributed by atoms with Crippen molar-refractivity contribution in [3.05, 3.63) is 0 Å². The smallest absolute Gasteiger partial charge is 0.462 e. The first-order valence-electron chi connectivity index (χ1n) is 30.7. The van der Waals surface area contributed by atoms with Gasteiger partial charge in [0.15, 0.2) is 12.2 Å². The fraction of sp³-hybridized carbons (Fsp3) is 0.932. The van der Waals surface area contributed by atoms with Gasteiger partial charge in [0, 0.05) is 25.7 Å². The quantitative estimate of drug-likeness (QED) is 0.0222. The number of unbranched alkanes of at least 4 members (excludes halogenated alkanes) is 21. The molecule has 462 valence electrons. The topological polar surface area (TPSA) is 237 Å². The van der Waals surface area contributed by atoms with Crippen molar-refractivity contribution in [2.45, 2.75) is 292 Å². The lowest BCUT2D eigenvalue weighted by Crippen LogP contribution is -2.30. The molecule has 3 N–H and O–H groups in total. The van der Waals surface area contributed by atoms with E-state index >= 15 is 0 Å². The second-order valence-electron chi connectivity index (χ2n) is 23.1. The number of hydrogen-bond acceptors (Lipinski definition) is 15. The van der Waals surface area contributed by atoms with Gasteiger partial charge in [-0.05, 0) is 49.4 Å². The summed E-state index contributed by atoms with van der Waals surface area (Å²) < 4.78 is 67.7. The van der Waals surface area contributed by atoms with Gasteiger partial charge < -0.3 is 33.8 Å². The van der Waals surface area contributed by atoms with Crippen LogP contribution in [0.25, 0.3) is 0 Å². The Morgan fingerprint density at radius 1 is 0.359 bits per heavy atom. The average molecular weight is 1160 g/mol. The lowest BCUT2D eigenvalue weighted by atomic mass is 10.00. The van der Waals surface area contributed by atoms with Crippen molar-refractivity contribution in [3.8, 4) is 0 Å². The number of phosphoric acid groups is 2. The number of phosphoric ester groups is 2. The Balaban J connectivity index is 5.24. The SMILES string of the molecule is CCC(C)CCCCCCCCC(=O)OC[C@H](COP(=O)(O)OCC(O)COP(=O)(O)OC[C@@H](COC(=O)CCCCCCCCCC(C)C)OC(=O)CCCCCCCCC(C)C)OC(=O)CCCCCCCCC(C)C. The summed E-state index contributed by atoms with van der Waals surface area (Å²) in [5, 5.41) is 10.5. The average Bonchev–Trinajstić information content (AvgIpc) is 3.38. The van der Waals surface area contributed by atoms with Crippen LogP contribution in [0, 0.1) is 23.7 Å². The summed E-state index contributed by atoms with van der Waals surface area (Å²) in [6, 6.07) is 0. The van der Waals surface area contributed by atoms with E-state index in [2.05, 4.69) is 55.4 Å². The summed E-state index contributed by atoms with van der Waals surface area (Å²) >= 11 is 0. The van der Waals surface area contributed by atoms with Crippen molar-refractivity contribution in [2.24, 2.45) is 23.7 Å². The Morgan fingerprint density at radius 2 is 0.615 bits per heavy atom. The largest absolute Gasteiger partial charge is 0.472 e. The molecule has 0 saturated heterocycles. The van der Waals surface area contributed by atoms with Crippen molar-refractivity contribution in [1.82, 2.24) is 0 Å². The maximum Gasteiger partial charge on any atom is 0.472 e. The molecule has 0 aromatic carbocycles. The molecule has 19 heteroatoms. The normalized spacial score (nSPS) is 14.9. The van der Waals surface area contributed by atoms with Gasteiger partial charge in [0.2, 0.25) is 0 Å². The van der Waals surface area contributed by atoms with Gasteiger partial charge in [-0.2, -0.15) is 0 Å². The van der Waals surface area contributed by atoms with E-state index in [0.29, 0.717) is 43.4 Å². The molecule has 0 fully saturated rings. The minimum absolute atomic E-state index is 0.100. The monoisotopic (exact) mass is 1160 g/mol. The minimum atomic E-state index is -4.94. The Bertz CT molecular complexity index is 1580. The van der Waals surface area contributed by atoms with Gasteiger partial charge in [-0.25, -0.2) is 9.13 Å². The van der Waals surface area contributed by atoms with E-state index in [1.54, 1.807) is 0 Å². The first-order valence-corrected chi connectivity index (χ1v) is 33.7. The molecule has 0 saturated carbocycles. The van der Waals surface area contributed by atoms with Gasteiger partial charge >= 0.3 is 39.5 Å². The van der Waals surface area contributed by atoms with Crippen LogP contribution in [0.2, 0.25) is 0 Å². The van der Waals surface area contributed by atoms with Crippen LogP contribution in [0.4, 0.5) is 0 Å². The second kappa shape index (κ2) is 49.7. The third-order valence-corrected chi connectivity index (χ3v) is 15.6. The number of carbonyl (C=O) groups is 4. The third-order valence-electron chi connectivity index (χ3n) is 13.7.